The van der Waals surface area contributed by atoms with Crippen LogP contribution in [0.4, 0.5) is 13.2 Å². The van der Waals surface area contributed by atoms with E-state index in [0.29, 0.717) is 17.5 Å². The number of aromatic amines is 1. The number of nitrogens with one attached hydrogen (secondary N) is 2. The van der Waals surface area contributed by atoms with Gasteiger partial charge < -0.3 is 10.3 Å². The largest absolute Gasteiger partial charge is 0.418 e. The zero-order valence-electron chi connectivity index (χ0n) is 10.5. The molecule has 0 aliphatic rings. The average molecular weight is 256 g/mol. The van der Waals surface area contributed by atoms with Crippen LogP contribution < -0.4 is 5.32 Å². The first-order valence-electron chi connectivity index (χ1n) is 5.68. The summed E-state index contributed by atoms with van der Waals surface area (Å²) in [6.45, 7) is 4.04. The average Bonchev–Trinajstić information content (AvgIpc) is 2.55. The van der Waals surface area contributed by atoms with Crippen LogP contribution in [-0.4, -0.2) is 12.0 Å². The fourth-order valence-electron chi connectivity index (χ4n) is 2.20. The second-order valence-corrected chi connectivity index (χ2v) is 4.49. The lowest BCUT2D eigenvalue weighted by Gasteiger charge is -2.09. The molecule has 0 saturated carbocycles. The van der Waals surface area contributed by atoms with Gasteiger partial charge in [0.2, 0.25) is 0 Å². The van der Waals surface area contributed by atoms with Crippen LogP contribution in [0.3, 0.4) is 0 Å². The Labute approximate surface area is 103 Å². The number of hydrogen-bond donors (Lipinski definition) is 2. The summed E-state index contributed by atoms with van der Waals surface area (Å²) in [6, 6.07) is 2.97. The molecule has 0 aliphatic carbocycles. The van der Waals surface area contributed by atoms with E-state index in [0.717, 1.165) is 11.3 Å². The molecule has 1 aromatic carbocycles. The van der Waals surface area contributed by atoms with Crippen LogP contribution in [0.15, 0.2) is 12.1 Å². The van der Waals surface area contributed by atoms with Gasteiger partial charge in [-0.15, -0.1) is 0 Å². The maximum atomic E-state index is 13.0. The predicted octanol–water partition coefficient (Wildman–Crippen LogP) is 3.52. The molecule has 0 unspecified atom stereocenters. The van der Waals surface area contributed by atoms with Crippen molar-refractivity contribution >= 4 is 10.9 Å². The zero-order chi connectivity index (χ0) is 13.5. The Hall–Kier alpha value is -1.49. The van der Waals surface area contributed by atoms with Crippen molar-refractivity contribution in [1.82, 2.24) is 10.3 Å². The number of hydrogen-bond acceptors (Lipinski definition) is 1. The summed E-state index contributed by atoms with van der Waals surface area (Å²) in [5.74, 6) is 0. The van der Waals surface area contributed by atoms with Gasteiger partial charge in [-0.1, -0.05) is 0 Å². The van der Waals surface area contributed by atoms with E-state index < -0.39 is 11.7 Å². The third-order valence-corrected chi connectivity index (χ3v) is 3.07. The van der Waals surface area contributed by atoms with Crippen molar-refractivity contribution in [3.63, 3.8) is 0 Å². The molecule has 2 nitrogen and oxygen atoms in total. The Morgan fingerprint density at radius 2 is 1.89 bits per heavy atom. The van der Waals surface area contributed by atoms with Gasteiger partial charge in [0.1, 0.15) is 0 Å². The number of alkyl halides is 3. The van der Waals surface area contributed by atoms with Gasteiger partial charge in [0.25, 0.3) is 0 Å². The Morgan fingerprint density at radius 3 is 2.44 bits per heavy atom. The van der Waals surface area contributed by atoms with Gasteiger partial charge in [0.15, 0.2) is 0 Å². The highest BCUT2D eigenvalue weighted by atomic mass is 19.4. The highest BCUT2D eigenvalue weighted by molar-refractivity contribution is 5.88. The Morgan fingerprint density at radius 1 is 1.22 bits per heavy atom. The molecule has 1 heterocycles. The van der Waals surface area contributed by atoms with Crippen molar-refractivity contribution in [2.24, 2.45) is 0 Å². The summed E-state index contributed by atoms with van der Waals surface area (Å²) in [6.07, 6.45) is -4.33. The van der Waals surface area contributed by atoms with Crippen molar-refractivity contribution in [3.05, 3.63) is 34.5 Å². The topological polar surface area (TPSA) is 27.8 Å². The highest BCUT2D eigenvalue weighted by Gasteiger charge is 2.34. The van der Waals surface area contributed by atoms with Crippen molar-refractivity contribution in [1.29, 1.82) is 0 Å². The summed E-state index contributed by atoms with van der Waals surface area (Å²) >= 11 is 0. The van der Waals surface area contributed by atoms with E-state index in [1.54, 1.807) is 20.0 Å². The summed E-state index contributed by atoms with van der Waals surface area (Å²) < 4.78 is 39.0. The van der Waals surface area contributed by atoms with E-state index in [2.05, 4.69) is 10.3 Å². The quantitative estimate of drug-likeness (QED) is 0.845. The molecule has 0 amide bonds. The van der Waals surface area contributed by atoms with Gasteiger partial charge in [0.05, 0.1) is 11.1 Å². The lowest BCUT2D eigenvalue weighted by molar-refractivity contribution is -0.136. The summed E-state index contributed by atoms with van der Waals surface area (Å²) in [7, 11) is 1.76. The van der Waals surface area contributed by atoms with Crippen LogP contribution in [0.5, 0.6) is 0 Å². The van der Waals surface area contributed by atoms with E-state index in [9.17, 15) is 13.2 Å². The number of fused-ring (bicyclic) bond motifs is 1. The summed E-state index contributed by atoms with van der Waals surface area (Å²) in [4.78, 5) is 2.88. The van der Waals surface area contributed by atoms with Crippen LogP contribution in [-0.2, 0) is 12.7 Å². The van der Waals surface area contributed by atoms with E-state index in [4.69, 9.17) is 0 Å². The third kappa shape index (κ3) is 2.10. The predicted molar refractivity (Wildman–Crippen MR) is 65.5 cm³/mol. The molecular weight excluding hydrogens is 241 g/mol. The monoisotopic (exact) mass is 256 g/mol. The van der Waals surface area contributed by atoms with Crippen LogP contribution >= 0.6 is 0 Å². The maximum Gasteiger partial charge on any atom is 0.418 e. The van der Waals surface area contributed by atoms with Gasteiger partial charge in [0, 0.05) is 17.6 Å². The second-order valence-electron chi connectivity index (χ2n) is 4.49. The Balaban J connectivity index is 2.76. The molecule has 1 aromatic heterocycles. The maximum absolute atomic E-state index is 13.0. The van der Waals surface area contributed by atoms with Gasteiger partial charge in [-0.3, -0.25) is 0 Å². The third-order valence-electron chi connectivity index (χ3n) is 3.07. The van der Waals surface area contributed by atoms with E-state index in [1.807, 2.05) is 6.92 Å². The number of aromatic nitrogens is 1. The Bertz CT molecular complexity index is 582. The minimum Gasteiger partial charge on any atom is -0.357 e. The fraction of sp³-hybridized carbons (Fsp3) is 0.385. The lowest BCUT2D eigenvalue weighted by atomic mass is 10.0. The van der Waals surface area contributed by atoms with Crippen LogP contribution in [0.2, 0.25) is 0 Å². The minimum absolute atomic E-state index is 0.177. The van der Waals surface area contributed by atoms with Crippen LogP contribution in [0.1, 0.15) is 22.4 Å². The smallest absolute Gasteiger partial charge is 0.357 e. The minimum atomic E-state index is -4.33. The number of H-pyrrole nitrogens is 1. The van der Waals surface area contributed by atoms with Crippen molar-refractivity contribution in [2.75, 3.05) is 7.05 Å². The first-order chi connectivity index (χ1) is 8.34. The molecule has 2 rings (SSSR count). The van der Waals surface area contributed by atoms with E-state index in [1.165, 1.54) is 6.07 Å². The van der Waals surface area contributed by atoms with E-state index in [-0.39, 0.29) is 5.52 Å². The first-order valence-corrected chi connectivity index (χ1v) is 5.68. The molecule has 0 saturated heterocycles. The number of aryl methyl sites for hydroxylation is 2. The SMILES string of the molecule is CNCc1[nH]c2c(C(F)(F)F)cc(C)cc2c1C. The molecule has 2 aromatic rings. The Kier molecular flexibility index (Phi) is 3.11. The molecule has 0 radical (unpaired) electrons. The second kappa shape index (κ2) is 4.31. The lowest BCUT2D eigenvalue weighted by Crippen LogP contribution is -2.07. The highest BCUT2D eigenvalue weighted by Crippen LogP contribution is 2.37. The molecule has 0 spiro atoms. The molecule has 5 heteroatoms. The van der Waals surface area contributed by atoms with Gasteiger partial charge in [-0.05, 0) is 44.2 Å². The zero-order valence-corrected chi connectivity index (χ0v) is 10.5. The molecule has 98 valence electrons. The molecule has 2 N–H and O–H groups in total. The number of halogens is 3. The first kappa shape index (κ1) is 13.0. The van der Waals surface area contributed by atoms with Crippen LogP contribution in [0, 0.1) is 13.8 Å². The molecule has 0 fully saturated rings. The van der Waals surface area contributed by atoms with Crippen molar-refractivity contribution in [2.45, 2.75) is 26.6 Å². The summed E-state index contributed by atoms with van der Waals surface area (Å²) in [5, 5.41) is 3.59. The normalized spacial score (nSPS) is 12.3. The molecule has 0 atom stereocenters. The fourth-order valence-corrected chi connectivity index (χ4v) is 2.20. The van der Waals surface area contributed by atoms with Crippen molar-refractivity contribution < 1.29 is 13.2 Å². The molecule has 18 heavy (non-hydrogen) atoms. The van der Waals surface area contributed by atoms with Crippen LogP contribution in [0.25, 0.3) is 10.9 Å². The standard InChI is InChI=1S/C13H15F3N2/c1-7-4-9-8(2)11(6-17-3)18-12(9)10(5-7)13(14,15)16/h4-5,17-18H,6H2,1-3H3. The summed E-state index contributed by atoms with van der Waals surface area (Å²) in [5.41, 5.74) is 1.86. The van der Waals surface area contributed by atoms with E-state index >= 15 is 0 Å². The van der Waals surface area contributed by atoms with Gasteiger partial charge >= 0.3 is 6.18 Å². The van der Waals surface area contributed by atoms with Gasteiger partial charge in [-0.2, -0.15) is 13.2 Å². The number of benzene rings is 1. The number of rotatable bonds is 2. The van der Waals surface area contributed by atoms with Crippen molar-refractivity contribution in [3.8, 4) is 0 Å². The van der Waals surface area contributed by atoms with Gasteiger partial charge in [-0.25, -0.2) is 0 Å². The molecular formula is C13H15F3N2. The molecule has 0 bridgehead atoms. The molecule has 0 aliphatic heterocycles.